The van der Waals surface area contributed by atoms with Crippen molar-refractivity contribution in [1.29, 1.82) is 0 Å². The zero-order chi connectivity index (χ0) is 18.6. The van der Waals surface area contributed by atoms with E-state index in [2.05, 4.69) is 33.4 Å². The number of hydrogen-bond donors (Lipinski definition) is 3. The number of amides is 1. The third-order valence-corrected chi connectivity index (χ3v) is 4.16. The van der Waals surface area contributed by atoms with Crippen molar-refractivity contribution in [2.24, 2.45) is 0 Å². The van der Waals surface area contributed by atoms with Crippen LogP contribution in [0.15, 0.2) is 36.4 Å². The van der Waals surface area contributed by atoms with Crippen molar-refractivity contribution in [3.8, 4) is 0 Å². The Hall–Kier alpha value is -1.71. The summed E-state index contributed by atoms with van der Waals surface area (Å²) in [7, 11) is 0. The summed E-state index contributed by atoms with van der Waals surface area (Å²) in [5.74, 6) is -0.994. The van der Waals surface area contributed by atoms with Gasteiger partial charge in [-0.3, -0.25) is 9.63 Å². The van der Waals surface area contributed by atoms with E-state index in [0.717, 1.165) is 14.8 Å². The lowest BCUT2D eigenvalue weighted by Gasteiger charge is -2.22. The lowest BCUT2D eigenvalue weighted by Crippen LogP contribution is -2.38. The van der Waals surface area contributed by atoms with Crippen LogP contribution in [-0.2, 0) is 4.84 Å². The van der Waals surface area contributed by atoms with E-state index in [-0.39, 0.29) is 12.2 Å². The van der Waals surface area contributed by atoms with Gasteiger partial charge in [0.05, 0.1) is 17.9 Å². The number of aryl methyl sites for hydroxylation is 1. The Bertz CT molecular complexity index is 781. The number of hydrogen-bond acceptors (Lipinski definition) is 4. The normalized spacial score (nSPS) is 11.3. The maximum atomic E-state index is 13.7. The van der Waals surface area contributed by atoms with Gasteiger partial charge in [-0.1, -0.05) is 0 Å². The van der Waals surface area contributed by atoms with Gasteiger partial charge in [0.25, 0.3) is 5.91 Å². The zero-order valence-electron chi connectivity index (χ0n) is 14.2. The van der Waals surface area contributed by atoms with Gasteiger partial charge in [-0.2, -0.15) is 0 Å². The Morgan fingerprint density at radius 2 is 1.96 bits per heavy atom. The summed E-state index contributed by atoms with van der Waals surface area (Å²) >= 11 is 2.21. The summed E-state index contributed by atoms with van der Waals surface area (Å²) in [6.07, 6.45) is 0. The number of aliphatic hydroxyl groups is 1. The fourth-order valence-corrected chi connectivity index (χ4v) is 2.65. The van der Waals surface area contributed by atoms with Gasteiger partial charge in [-0.15, -0.1) is 0 Å². The first kappa shape index (κ1) is 19.6. The SMILES string of the molecule is Cc1cc(I)ccc1Nc1cc(F)ccc1C(=O)NOC(C)(C)CO. The Balaban J connectivity index is 2.26. The highest BCUT2D eigenvalue weighted by Crippen LogP contribution is 2.26. The van der Waals surface area contributed by atoms with Crippen LogP contribution in [0.25, 0.3) is 0 Å². The van der Waals surface area contributed by atoms with Gasteiger partial charge in [-0.25, -0.2) is 9.87 Å². The van der Waals surface area contributed by atoms with Crippen LogP contribution < -0.4 is 10.8 Å². The van der Waals surface area contributed by atoms with E-state index in [4.69, 9.17) is 4.84 Å². The molecule has 0 fully saturated rings. The summed E-state index contributed by atoms with van der Waals surface area (Å²) in [5, 5.41) is 12.3. The summed E-state index contributed by atoms with van der Waals surface area (Å²) in [6.45, 7) is 4.93. The van der Waals surface area contributed by atoms with Crippen LogP contribution in [0.2, 0.25) is 0 Å². The molecule has 0 unspecified atom stereocenters. The van der Waals surface area contributed by atoms with Gasteiger partial charge in [-0.05, 0) is 85.3 Å². The number of hydroxylamine groups is 1. The Kier molecular flexibility index (Phi) is 6.36. The second-order valence-electron chi connectivity index (χ2n) is 6.23. The van der Waals surface area contributed by atoms with E-state index >= 15 is 0 Å². The van der Waals surface area contributed by atoms with Crippen molar-refractivity contribution in [1.82, 2.24) is 5.48 Å². The molecule has 0 saturated heterocycles. The molecule has 2 aromatic rings. The molecule has 2 aromatic carbocycles. The van der Waals surface area contributed by atoms with Crippen molar-refractivity contribution in [3.05, 3.63) is 56.9 Å². The third kappa shape index (κ3) is 5.38. The van der Waals surface area contributed by atoms with Crippen LogP contribution >= 0.6 is 22.6 Å². The van der Waals surface area contributed by atoms with E-state index in [1.165, 1.54) is 18.2 Å². The Labute approximate surface area is 159 Å². The minimum absolute atomic E-state index is 0.230. The second kappa shape index (κ2) is 8.11. The van der Waals surface area contributed by atoms with E-state index in [9.17, 15) is 14.3 Å². The molecule has 0 heterocycles. The van der Waals surface area contributed by atoms with Crippen molar-refractivity contribution >= 4 is 39.9 Å². The van der Waals surface area contributed by atoms with E-state index < -0.39 is 17.3 Å². The van der Waals surface area contributed by atoms with Crippen LogP contribution in [0.3, 0.4) is 0 Å². The van der Waals surface area contributed by atoms with Gasteiger partial charge in [0, 0.05) is 9.26 Å². The molecular formula is C18H20FIN2O3. The first-order valence-corrected chi connectivity index (χ1v) is 8.71. The number of carbonyl (C=O) groups excluding carboxylic acids is 1. The fraction of sp³-hybridized carbons (Fsp3) is 0.278. The number of carbonyl (C=O) groups is 1. The summed E-state index contributed by atoms with van der Waals surface area (Å²) in [5.41, 5.74) is 3.68. The molecule has 7 heteroatoms. The molecule has 3 N–H and O–H groups in total. The predicted molar refractivity (Wildman–Crippen MR) is 103 cm³/mol. The molecular weight excluding hydrogens is 438 g/mol. The second-order valence-corrected chi connectivity index (χ2v) is 7.47. The highest BCUT2D eigenvalue weighted by molar-refractivity contribution is 14.1. The lowest BCUT2D eigenvalue weighted by molar-refractivity contribution is -0.0956. The molecule has 0 aromatic heterocycles. The average molecular weight is 458 g/mol. The van der Waals surface area contributed by atoms with Crippen LogP contribution in [0, 0.1) is 16.3 Å². The molecule has 0 saturated carbocycles. The molecule has 134 valence electrons. The molecule has 0 aliphatic carbocycles. The Morgan fingerprint density at radius 3 is 2.60 bits per heavy atom. The molecule has 2 rings (SSSR count). The zero-order valence-corrected chi connectivity index (χ0v) is 16.3. The predicted octanol–water partition coefficient (Wildman–Crippen LogP) is 3.91. The van der Waals surface area contributed by atoms with Crippen molar-refractivity contribution in [2.45, 2.75) is 26.4 Å². The summed E-state index contributed by atoms with van der Waals surface area (Å²) < 4.78 is 14.8. The highest BCUT2D eigenvalue weighted by atomic mass is 127. The van der Waals surface area contributed by atoms with Crippen molar-refractivity contribution in [3.63, 3.8) is 0 Å². The maximum Gasteiger partial charge on any atom is 0.276 e. The first-order chi connectivity index (χ1) is 11.7. The molecule has 0 atom stereocenters. The Morgan fingerprint density at radius 1 is 1.24 bits per heavy atom. The van der Waals surface area contributed by atoms with E-state index in [1.54, 1.807) is 13.8 Å². The smallest absolute Gasteiger partial charge is 0.276 e. The lowest BCUT2D eigenvalue weighted by atomic mass is 10.1. The minimum Gasteiger partial charge on any atom is -0.393 e. The number of benzene rings is 2. The molecule has 0 spiro atoms. The number of halogens is 2. The van der Waals surface area contributed by atoms with Crippen molar-refractivity contribution in [2.75, 3.05) is 11.9 Å². The standard InChI is InChI=1S/C18H20FIN2O3/c1-11-8-13(20)5-7-15(11)21-16-9-12(19)4-6-14(16)17(24)22-25-18(2,3)10-23/h4-9,21,23H,10H2,1-3H3,(H,22,24). The number of aliphatic hydroxyl groups excluding tert-OH is 1. The van der Waals surface area contributed by atoms with Gasteiger partial charge >= 0.3 is 0 Å². The summed E-state index contributed by atoms with van der Waals surface area (Å²) in [4.78, 5) is 17.6. The van der Waals surface area contributed by atoms with Gasteiger partial charge in [0.1, 0.15) is 11.4 Å². The van der Waals surface area contributed by atoms with Crippen LogP contribution in [-0.4, -0.2) is 23.2 Å². The van der Waals surface area contributed by atoms with E-state index in [0.29, 0.717) is 5.69 Å². The molecule has 25 heavy (non-hydrogen) atoms. The molecule has 5 nitrogen and oxygen atoms in total. The van der Waals surface area contributed by atoms with Crippen LogP contribution in [0.1, 0.15) is 29.8 Å². The fourth-order valence-electron chi connectivity index (χ4n) is 2.00. The van der Waals surface area contributed by atoms with Crippen molar-refractivity contribution < 1.29 is 19.1 Å². The van der Waals surface area contributed by atoms with Crippen LogP contribution in [0.4, 0.5) is 15.8 Å². The van der Waals surface area contributed by atoms with Gasteiger partial charge < -0.3 is 10.4 Å². The highest BCUT2D eigenvalue weighted by Gasteiger charge is 2.21. The molecule has 0 radical (unpaired) electrons. The van der Waals surface area contributed by atoms with Gasteiger partial charge in [0.15, 0.2) is 0 Å². The number of anilines is 2. The first-order valence-electron chi connectivity index (χ1n) is 7.64. The monoisotopic (exact) mass is 458 g/mol. The topological polar surface area (TPSA) is 70.6 Å². The van der Waals surface area contributed by atoms with Crippen LogP contribution in [0.5, 0.6) is 0 Å². The molecule has 0 bridgehead atoms. The van der Waals surface area contributed by atoms with E-state index in [1.807, 2.05) is 25.1 Å². The van der Waals surface area contributed by atoms with Gasteiger partial charge in [0.2, 0.25) is 0 Å². The molecule has 0 aliphatic rings. The molecule has 1 amide bonds. The molecule has 0 aliphatic heterocycles. The maximum absolute atomic E-state index is 13.7. The number of rotatable bonds is 6. The minimum atomic E-state index is -0.921. The number of nitrogens with one attached hydrogen (secondary N) is 2. The largest absolute Gasteiger partial charge is 0.393 e. The third-order valence-electron chi connectivity index (χ3n) is 3.48. The summed E-state index contributed by atoms with van der Waals surface area (Å²) in [6, 6.07) is 9.61. The quantitative estimate of drug-likeness (QED) is 0.454. The average Bonchev–Trinajstić information content (AvgIpc) is 2.55.